The van der Waals surface area contributed by atoms with E-state index in [9.17, 15) is 13.6 Å². The molecule has 1 aromatic carbocycles. The quantitative estimate of drug-likeness (QED) is 0.635. The number of fused-ring (bicyclic) bond motifs is 1. The van der Waals surface area contributed by atoms with E-state index in [1.54, 1.807) is 11.8 Å². The number of hydrogen-bond donors (Lipinski definition) is 1. The second-order valence-electron chi connectivity index (χ2n) is 6.47. The number of nitrogens with zero attached hydrogens (tertiary/aromatic N) is 1. The summed E-state index contributed by atoms with van der Waals surface area (Å²) in [5, 5.41) is 2.70. The Kier molecular flexibility index (Phi) is 7.57. The van der Waals surface area contributed by atoms with E-state index in [0.717, 1.165) is 16.7 Å². The first-order valence-electron chi connectivity index (χ1n) is 9.24. The largest absolute Gasteiger partial charge is 0.450 e. The lowest BCUT2D eigenvalue weighted by molar-refractivity contribution is -0.00744. The smallest absolute Gasteiger partial charge is 0.410 e. The summed E-state index contributed by atoms with van der Waals surface area (Å²) in [5.74, 6) is -2.65. The fraction of sp³-hybridized carbons (Fsp3) is 0.550. The highest BCUT2D eigenvalue weighted by atomic mass is 19.3. The van der Waals surface area contributed by atoms with E-state index in [2.05, 4.69) is 5.32 Å². The van der Waals surface area contributed by atoms with Crippen LogP contribution < -0.4 is 5.32 Å². The highest BCUT2D eigenvalue weighted by Gasteiger charge is 2.27. The number of amides is 1. The number of ether oxygens (including phenoxy) is 1. The molecule has 1 aliphatic heterocycles. The van der Waals surface area contributed by atoms with Crippen molar-refractivity contribution in [1.82, 2.24) is 10.2 Å². The summed E-state index contributed by atoms with van der Waals surface area (Å²) in [5.41, 5.74) is 3.25. The summed E-state index contributed by atoms with van der Waals surface area (Å²) < 4.78 is 32.2. The van der Waals surface area contributed by atoms with Crippen molar-refractivity contribution in [3.05, 3.63) is 41.0 Å². The third-order valence-corrected chi connectivity index (χ3v) is 4.39. The molecule has 0 radical (unpaired) electrons. The molecule has 0 spiro atoms. The molecule has 0 saturated heterocycles. The average Bonchev–Trinajstić information content (AvgIpc) is 3.05. The maximum atomic E-state index is 13.6. The molecule has 0 saturated carbocycles. The number of carbonyl (C=O) groups excluding carboxylic acids is 1. The lowest BCUT2D eigenvalue weighted by Crippen LogP contribution is -2.32. The van der Waals surface area contributed by atoms with Gasteiger partial charge in [0.2, 0.25) is 0 Å². The lowest BCUT2D eigenvalue weighted by atomic mass is 10.0. The topological polar surface area (TPSA) is 41.6 Å². The molecule has 6 heteroatoms. The van der Waals surface area contributed by atoms with Crippen LogP contribution in [0.1, 0.15) is 51.2 Å². The minimum Gasteiger partial charge on any atom is -0.450 e. The van der Waals surface area contributed by atoms with E-state index in [1.165, 1.54) is 0 Å². The molecule has 0 unspecified atom stereocenters. The van der Waals surface area contributed by atoms with Gasteiger partial charge in [0.1, 0.15) is 0 Å². The van der Waals surface area contributed by atoms with Crippen LogP contribution in [0, 0.1) is 0 Å². The Morgan fingerprint density at radius 3 is 2.92 bits per heavy atom. The van der Waals surface area contributed by atoms with Crippen LogP contribution in [-0.2, 0) is 17.8 Å². The number of benzene rings is 1. The maximum Gasteiger partial charge on any atom is 0.410 e. The third kappa shape index (κ3) is 5.80. The summed E-state index contributed by atoms with van der Waals surface area (Å²) in [4.78, 5) is 13.6. The van der Waals surface area contributed by atoms with E-state index < -0.39 is 5.92 Å². The van der Waals surface area contributed by atoms with Gasteiger partial charge in [0.25, 0.3) is 5.92 Å². The van der Waals surface area contributed by atoms with Gasteiger partial charge in [-0.3, -0.25) is 4.90 Å². The first-order chi connectivity index (χ1) is 12.5. The lowest BCUT2D eigenvalue weighted by Gasteiger charge is -2.15. The van der Waals surface area contributed by atoms with Gasteiger partial charge in [0, 0.05) is 14.4 Å². The Labute approximate surface area is 155 Å². The van der Waals surface area contributed by atoms with Crippen LogP contribution in [0.4, 0.5) is 13.6 Å². The molecule has 4 nitrogen and oxygen atoms in total. The fourth-order valence-corrected chi connectivity index (χ4v) is 3.03. The van der Waals surface area contributed by atoms with E-state index in [4.69, 9.17) is 4.74 Å². The van der Waals surface area contributed by atoms with E-state index in [0.29, 0.717) is 39.1 Å². The molecule has 0 atom stereocenters. The minimum atomic E-state index is -2.65. The van der Waals surface area contributed by atoms with Crippen LogP contribution >= 0.6 is 0 Å². The van der Waals surface area contributed by atoms with Gasteiger partial charge in [-0.15, -0.1) is 0 Å². The van der Waals surface area contributed by atoms with E-state index in [1.807, 2.05) is 37.3 Å². The van der Waals surface area contributed by atoms with Crippen LogP contribution in [0.5, 0.6) is 0 Å². The van der Waals surface area contributed by atoms with Gasteiger partial charge >= 0.3 is 6.09 Å². The zero-order valence-electron chi connectivity index (χ0n) is 15.6. The monoisotopic (exact) mass is 368 g/mol. The van der Waals surface area contributed by atoms with E-state index >= 15 is 0 Å². The second-order valence-corrected chi connectivity index (χ2v) is 6.47. The van der Waals surface area contributed by atoms with Gasteiger partial charge in [-0.05, 0) is 43.0 Å². The SMILES string of the molecule is CCNCC(F)(F)CCC/C=C/c1cccc2c1CN(C(=O)OCC)C2.[HH]. The van der Waals surface area contributed by atoms with Crippen molar-refractivity contribution in [2.45, 2.75) is 52.1 Å². The molecular formula is C20H30F2N2O2. The van der Waals surface area contributed by atoms with Crippen molar-refractivity contribution in [2.24, 2.45) is 0 Å². The third-order valence-electron chi connectivity index (χ3n) is 4.39. The molecule has 0 fully saturated rings. The van der Waals surface area contributed by atoms with Crippen LogP contribution in [0.3, 0.4) is 0 Å². The maximum absolute atomic E-state index is 13.6. The number of halogens is 2. The predicted molar refractivity (Wildman–Crippen MR) is 101 cm³/mol. The van der Waals surface area contributed by atoms with Gasteiger partial charge in [0.05, 0.1) is 19.7 Å². The molecule has 2 rings (SSSR count). The van der Waals surface area contributed by atoms with Gasteiger partial charge in [0.15, 0.2) is 0 Å². The molecule has 0 aromatic heterocycles. The molecule has 146 valence electrons. The van der Waals surface area contributed by atoms with Crippen LogP contribution in [0.15, 0.2) is 24.3 Å². The van der Waals surface area contributed by atoms with Gasteiger partial charge in [-0.2, -0.15) is 0 Å². The molecular weight excluding hydrogens is 338 g/mol. The zero-order chi connectivity index (χ0) is 19.0. The standard InChI is InChI=1S/C20H28F2N2O2.H2/c1-3-23-15-20(21,22)12-7-5-6-9-16-10-8-11-17-13-24(14-18(16)17)19(25)26-4-2;/h6,8-11,23H,3-5,7,12-15H2,1-2H3;1H/b9-6+;. The van der Waals surface area contributed by atoms with Gasteiger partial charge in [-0.1, -0.05) is 37.3 Å². The number of nitrogens with one attached hydrogen (secondary N) is 1. The van der Waals surface area contributed by atoms with Gasteiger partial charge in [-0.25, -0.2) is 13.6 Å². The summed E-state index contributed by atoms with van der Waals surface area (Å²) in [7, 11) is 0. The van der Waals surface area contributed by atoms with Crippen molar-refractivity contribution in [3.8, 4) is 0 Å². The number of alkyl halides is 2. The number of carbonyl (C=O) groups is 1. The van der Waals surface area contributed by atoms with Crippen molar-refractivity contribution in [2.75, 3.05) is 19.7 Å². The summed E-state index contributed by atoms with van der Waals surface area (Å²) in [6.07, 6.45) is 4.53. The van der Waals surface area contributed by atoms with E-state index in [-0.39, 0.29) is 20.5 Å². The molecule has 1 amide bonds. The van der Waals surface area contributed by atoms with Crippen molar-refractivity contribution < 1.29 is 19.7 Å². The van der Waals surface area contributed by atoms with Crippen LogP contribution in [0.2, 0.25) is 0 Å². The van der Waals surface area contributed by atoms with Crippen molar-refractivity contribution in [3.63, 3.8) is 0 Å². The number of rotatable bonds is 9. The highest BCUT2D eigenvalue weighted by molar-refractivity contribution is 5.70. The Morgan fingerprint density at radius 2 is 2.19 bits per heavy atom. The fourth-order valence-electron chi connectivity index (χ4n) is 3.03. The number of allylic oxidation sites excluding steroid dienone is 1. The van der Waals surface area contributed by atoms with Crippen molar-refractivity contribution in [1.29, 1.82) is 0 Å². The number of unbranched alkanes of at least 4 members (excludes halogenated alkanes) is 1. The van der Waals surface area contributed by atoms with Gasteiger partial charge < -0.3 is 10.1 Å². The molecule has 1 heterocycles. The Hall–Kier alpha value is -1.95. The molecule has 1 N–H and O–H groups in total. The first kappa shape index (κ1) is 20.4. The predicted octanol–water partition coefficient (Wildman–Crippen LogP) is 4.83. The second kappa shape index (κ2) is 9.67. The Balaban J connectivity index is 0.00000364. The average molecular weight is 368 g/mol. The summed E-state index contributed by atoms with van der Waals surface area (Å²) in [6.45, 7) is 5.33. The minimum absolute atomic E-state index is 0. The zero-order valence-corrected chi connectivity index (χ0v) is 15.6. The summed E-state index contributed by atoms with van der Waals surface area (Å²) in [6, 6.07) is 5.95. The molecule has 0 aliphatic carbocycles. The van der Waals surface area contributed by atoms with Crippen LogP contribution in [-0.4, -0.2) is 36.6 Å². The highest BCUT2D eigenvalue weighted by Crippen LogP contribution is 2.28. The molecule has 26 heavy (non-hydrogen) atoms. The molecule has 1 aliphatic rings. The first-order valence-corrected chi connectivity index (χ1v) is 9.24. The number of hydrogen-bond acceptors (Lipinski definition) is 3. The Bertz CT molecular complexity index is 638. The normalized spacial score (nSPS) is 14.1. The molecule has 1 aromatic rings. The Morgan fingerprint density at radius 1 is 1.38 bits per heavy atom. The van der Waals surface area contributed by atoms with Crippen LogP contribution in [0.25, 0.3) is 6.08 Å². The summed E-state index contributed by atoms with van der Waals surface area (Å²) >= 11 is 0. The molecule has 0 bridgehead atoms. The van der Waals surface area contributed by atoms with Crippen molar-refractivity contribution >= 4 is 12.2 Å².